The lowest BCUT2D eigenvalue weighted by Crippen LogP contribution is -2.05. The number of alkyl halides is 3. The van der Waals surface area contributed by atoms with Gasteiger partial charge >= 0.3 is 6.18 Å². The van der Waals surface area contributed by atoms with E-state index in [-0.39, 0.29) is 11.7 Å². The molecule has 1 N–H and O–H groups in total. The van der Waals surface area contributed by atoms with E-state index in [2.05, 4.69) is 12.0 Å². The van der Waals surface area contributed by atoms with Crippen molar-refractivity contribution in [2.45, 2.75) is 32.4 Å². The summed E-state index contributed by atoms with van der Waals surface area (Å²) in [6, 6.07) is 12.0. The number of nitrogens with zero attached hydrogens (tertiary/aromatic N) is 2. The maximum Gasteiger partial charge on any atom is 0.416 e. The third kappa shape index (κ3) is 3.90. The number of hydrogen-bond acceptors (Lipinski definition) is 2. The fourth-order valence-corrected chi connectivity index (χ4v) is 2.99. The number of hydrogen-bond donors (Lipinski definition) is 1. The van der Waals surface area contributed by atoms with E-state index in [1.165, 1.54) is 12.1 Å². The molecular formula is C20H19F3N2O. The van der Waals surface area contributed by atoms with Crippen LogP contribution in [0.5, 0.6) is 5.75 Å². The number of aryl methyl sites for hydroxylation is 1. The van der Waals surface area contributed by atoms with Gasteiger partial charge in [-0.3, -0.25) is 0 Å². The number of aromatic hydroxyl groups is 1. The lowest BCUT2D eigenvalue weighted by molar-refractivity contribution is -0.137. The molecule has 1 atom stereocenters. The summed E-state index contributed by atoms with van der Waals surface area (Å²) in [5, 5.41) is 13.8. The number of phenols is 1. The second-order valence-electron chi connectivity index (χ2n) is 6.43. The van der Waals surface area contributed by atoms with Crippen LogP contribution in [-0.4, -0.2) is 14.9 Å². The van der Waals surface area contributed by atoms with Gasteiger partial charge in [-0.25, -0.2) is 4.68 Å². The predicted molar refractivity (Wildman–Crippen MR) is 93.5 cm³/mol. The van der Waals surface area contributed by atoms with E-state index in [0.717, 1.165) is 35.4 Å². The van der Waals surface area contributed by atoms with Crippen molar-refractivity contribution in [2.75, 3.05) is 0 Å². The highest BCUT2D eigenvalue weighted by Crippen LogP contribution is 2.30. The lowest BCUT2D eigenvalue weighted by Gasteiger charge is -2.10. The number of halogens is 3. The quantitative estimate of drug-likeness (QED) is 0.690. The molecule has 1 aromatic heterocycles. The van der Waals surface area contributed by atoms with Crippen LogP contribution in [0.2, 0.25) is 0 Å². The fraction of sp³-hybridized carbons (Fsp3) is 0.250. The average molecular weight is 360 g/mol. The minimum atomic E-state index is -4.34. The molecule has 0 saturated carbocycles. The average Bonchev–Trinajstić information content (AvgIpc) is 2.98. The molecule has 0 aliphatic heterocycles. The highest BCUT2D eigenvalue weighted by Gasteiger charge is 2.30. The molecule has 0 aliphatic rings. The van der Waals surface area contributed by atoms with Crippen LogP contribution in [0.3, 0.4) is 0 Å². The van der Waals surface area contributed by atoms with Gasteiger partial charge in [0.05, 0.1) is 16.9 Å². The van der Waals surface area contributed by atoms with Gasteiger partial charge in [0.25, 0.3) is 0 Å². The van der Waals surface area contributed by atoms with Crippen molar-refractivity contribution in [2.24, 2.45) is 0 Å². The molecule has 0 radical (unpaired) electrons. The molecule has 3 nitrogen and oxygen atoms in total. The summed E-state index contributed by atoms with van der Waals surface area (Å²) in [6.45, 7) is 3.97. The molecule has 6 heteroatoms. The van der Waals surface area contributed by atoms with Crippen molar-refractivity contribution in [1.29, 1.82) is 0 Å². The van der Waals surface area contributed by atoms with Crippen molar-refractivity contribution < 1.29 is 18.3 Å². The van der Waals surface area contributed by atoms with E-state index < -0.39 is 11.7 Å². The van der Waals surface area contributed by atoms with E-state index in [4.69, 9.17) is 0 Å². The molecule has 0 fully saturated rings. The van der Waals surface area contributed by atoms with E-state index >= 15 is 0 Å². The Morgan fingerprint density at radius 2 is 1.65 bits per heavy atom. The summed E-state index contributed by atoms with van der Waals surface area (Å²) in [6.07, 6.45) is -1.70. The number of rotatable bonds is 4. The highest BCUT2D eigenvalue weighted by molar-refractivity contribution is 5.37. The maximum absolute atomic E-state index is 12.7. The van der Waals surface area contributed by atoms with Gasteiger partial charge in [0, 0.05) is 6.20 Å². The molecule has 1 unspecified atom stereocenters. The molecule has 3 rings (SSSR count). The minimum absolute atomic E-state index is 0.183. The van der Waals surface area contributed by atoms with Gasteiger partial charge < -0.3 is 5.11 Å². The van der Waals surface area contributed by atoms with Crippen LogP contribution in [0.4, 0.5) is 13.2 Å². The van der Waals surface area contributed by atoms with Crippen LogP contribution in [-0.2, 0) is 12.6 Å². The van der Waals surface area contributed by atoms with E-state index in [1.807, 2.05) is 25.3 Å². The number of phenolic OH excluding ortho intramolecular Hbond substituents is 1. The third-order valence-corrected chi connectivity index (χ3v) is 4.41. The minimum Gasteiger partial charge on any atom is -0.508 e. The van der Waals surface area contributed by atoms with Gasteiger partial charge in [0.1, 0.15) is 5.75 Å². The lowest BCUT2D eigenvalue weighted by atomic mass is 9.94. The number of benzene rings is 2. The summed E-state index contributed by atoms with van der Waals surface area (Å²) in [4.78, 5) is 0. The molecule has 0 spiro atoms. The van der Waals surface area contributed by atoms with E-state index in [1.54, 1.807) is 16.8 Å². The Morgan fingerprint density at radius 3 is 2.23 bits per heavy atom. The van der Waals surface area contributed by atoms with E-state index in [9.17, 15) is 18.3 Å². The fourth-order valence-electron chi connectivity index (χ4n) is 2.99. The maximum atomic E-state index is 12.7. The topological polar surface area (TPSA) is 38.0 Å². The van der Waals surface area contributed by atoms with Crippen molar-refractivity contribution in [3.05, 3.63) is 77.1 Å². The first-order valence-corrected chi connectivity index (χ1v) is 8.26. The van der Waals surface area contributed by atoms with Gasteiger partial charge in [0.2, 0.25) is 0 Å². The van der Waals surface area contributed by atoms with Crippen LogP contribution in [0.15, 0.2) is 54.7 Å². The van der Waals surface area contributed by atoms with Gasteiger partial charge in [-0.15, -0.1) is 0 Å². The second-order valence-corrected chi connectivity index (χ2v) is 6.43. The van der Waals surface area contributed by atoms with Crippen LogP contribution in [0.1, 0.15) is 35.2 Å². The summed E-state index contributed by atoms with van der Waals surface area (Å²) >= 11 is 0. The van der Waals surface area contributed by atoms with Gasteiger partial charge in [-0.05, 0) is 66.8 Å². The Hall–Kier alpha value is -2.76. The van der Waals surface area contributed by atoms with Crippen LogP contribution >= 0.6 is 0 Å². The second kappa shape index (κ2) is 6.86. The molecule has 1 heterocycles. The SMILES string of the molecule is Cc1nn(-c2ccc(C(F)(F)F)cc2)cc1C(C)Cc1ccc(O)cc1. The Bertz CT molecular complexity index is 881. The summed E-state index contributed by atoms with van der Waals surface area (Å²) < 4.78 is 39.7. The van der Waals surface area contributed by atoms with Crippen molar-refractivity contribution >= 4 is 0 Å². The summed E-state index contributed by atoms with van der Waals surface area (Å²) in [7, 11) is 0. The van der Waals surface area contributed by atoms with Crippen LogP contribution in [0, 0.1) is 6.92 Å². The molecular weight excluding hydrogens is 341 g/mol. The van der Waals surface area contributed by atoms with Gasteiger partial charge in [-0.1, -0.05) is 19.1 Å². The largest absolute Gasteiger partial charge is 0.508 e. The molecule has 136 valence electrons. The zero-order chi connectivity index (χ0) is 18.9. The molecule has 0 amide bonds. The first-order valence-electron chi connectivity index (χ1n) is 8.26. The van der Waals surface area contributed by atoms with Crippen molar-refractivity contribution in [3.63, 3.8) is 0 Å². The van der Waals surface area contributed by atoms with E-state index in [0.29, 0.717) is 5.69 Å². The summed E-state index contributed by atoms with van der Waals surface area (Å²) in [5.41, 5.74) is 2.89. The van der Waals surface area contributed by atoms with Gasteiger partial charge in [0.15, 0.2) is 0 Å². The zero-order valence-corrected chi connectivity index (χ0v) is 14.5. The molecule has 0 saturated heterocycles. The Kier molecular flexibility index (Phi) is 4.76. The smallest absolute Gasteiger partial charge is 0.416 e. The van der Waals surface area contributed by atoms with Gasteiger partial charge in [-0.2, -0.15) is 18.3 Å². The monoisotopic (exact) mass is 360 g/mol. The zero-order valence-electron chi connectivity index (χ0n) is 14.5. The third-order valence-electron chi connectivity index (χ3n) is 4.41. The normalized spacial score (nSPS) is 13.0. The Labute approximate surface area is 149 Å². The molecule has 0 aliphatic carbocycles. The first kappa shape index (κ1) is 18.0. The first-order chi connectivity index (χ1) is 12.2. The standard InChI is InChI=1S/C20H19F3N2O/c1-13(11-15-3-9-18(26)10-4-15)19-12-25(24-14(19)2)17-7-5-16(6-8-17)20(21,22)23/h3-10,12-13,26H,11H2,1-2H3. The predicted octanol–water partition coefficient (Wildman–Crippen LogP) is 5.25. The highest BCUT2D eigenvalue weighted by atomic mass is 19.4. The number of aromatic nitrogens is 2. The molecule has 26 heavy (non-hydrogen) atoms. The Balaban J connectivity index is 1.81. The molecule has 0 bridgehead atoms. The molecule has 2 aromatic carbocycles. The van der Waals surface area contributed by atoms with Crippen molar-refractivity contribution in [1.82, 2.24) is 9.78 Å². The van der Waals surface area contributed by atoms with Crippen LogP contribution in [0.25, 0.3) is 5.69 Å². The summed E-state index contributed by atoms with van der Waals surface area (Å²) in [5.74, 6) is 0.412. The van der Waals surface area contributed by atoms with Crippen LogP contribution < -0.4 is 0 Å². The molecule has 3 aromatic rings. The van der Waals surface area contributed by atoms with Crippen molar-refractivity contribution in [3.8, 4) is 11.4 Å². The Morgan fingerprint density at radius 1 is 1.04 bits per heavy atom.